The van der Waals surface area contributed by atoms with Crippen LogP contribution < -0.4 is 15.7 Å². The summed E-state index contributed by atoms with van der Waals surface area (Å²) < 4.78 is 7.01. The van der Waals surface area contributed by atoms with Gasteiger partial charge in [-0.2, -0.15) is 10.1 Å². The zero-order chi connectivity index (χ0) is 11.1. The number of aromatic nitrogens is 4. The number of H-pyrrole nitrogens is 1. The van der Waals surface area contributed by atoms with Crippen LogP contribution in [-0.4, -0.2) is 38.8 Å². The van der Waals surface area contributed by atoms with Crippen molar-refractivity contribution in [1.29, 1.82) is 0 Å². The van der Waals surface area contributed by atoms with E-state index in [4.69, 9.17) is 4.74 Å². The van der Waals surface area contributed by atoms with Gasteiger partial charge in [-0.25, -0.2) is 14.3 Å². The predicted molar refractivity (Wildman–Crippen MR) is 55.6 cm³/mol. The molecule has 1 fully saturated rings. The molecular weight excluding hydrogens is 210 g/mol. The topological polar surface area (TPSA) is 84.3 Å². The zero-order valence-electron chi connectivity index (χ0n) is 8.73. The molecule has 0 radical (unpaired) electrons. The van der Waals surface area contributed by atoms with Gasteiger partial charge in [-0.15, -0.1) is 0 Å². The van der Waals surface area contributed by atoms with Crippen molar-refractivity contribution in [3.8, 4) is 5.88 Å². The number of hydrogen-bond acceptors (Lipinski definition) is 5. The second-order valence-corrected chi connectivity index (χ2v) is 3.76. The molecule has 0 atom stereocenters. The van der Waals surface area contributed by atoms with Gasteiger partial charge in [0.15, 0.2) is 5.65 Å². The summed E-state index contributed by atoms with van der Waals surface area (Å²) in [7, 11) is 0. The molecule has 1 aliphatic heterocycles. The van der Waals surface area contributed by atoms with E-state index in [2.05, 4.69) is 20.5 Å². The van der Waals surface area contributed by atoms with E-state index < -0.39 is 0 Å². The van der Waals surface area contributed by atoms with Crippen LogP contribution in [0, 0.1) is 6.92 Å². The molecule has 2 aromatic rings. The van der Waals surface area contributed by atoms with Crippen molar-refractivity contribution < 1.29 is 4.74 Å². The standard InChI is InChI=1S/C9H11N5O2/c1-5-11-8(16-6-3-10-4-6)2-7-12-13-9(15)14(5)7/h2,6,10H,3-4H2,1H3,(H,13,15). The Morgan fingerprint density at radius 2 is 2.38 bits per heavy atom. The molecular formula is C9H11N5O2. The normalized spacial score (nSPS) is 16.3. The molecule has 1 aliphatic rings. The quantitative estimate of drug-likeness (QED) is 0.685. The van der Waals surface area contributed by atoms with Gasteiger partial charge in [0.05, 0.1) is 0 Å². The molecule has 0 amide bonds. The minimum absolute atomic E-state index is 0.167. The van der Waals surface area contributed by atoms with E-state index in [0.717, 1.165) is 13.1 Å². The molecule has 2 aromatic heterocycles. The van der Waals surface area contributed by atoms with E-state index in [1.54, 1.807) is 13.0 Å². The Morgan fingerprint density at radius 1 is 1.56 bits per heavy atom. The van der Waals surface area contributed by atoms with Gasteiger partial charge in [-0.3, -0.25) is 0 Å². The number of rotatable bonds is 2. The zero-order valence-corrected chi connectivity index (χ0v) is 8.73. The molecule has 3 heterocycles. The van der Waals surface area contributed by atoms with E-state index in [9.17, 15) is 4.79 Å². The van der Waals surface area contributed by atoms with Gasteiger partial charge in [0.25, 0.3) is 0 Å². The maximum Gasteiger partial charge on any atom is 0.349 e. The molecule has 3 rings (SSSR count). The van der Waals surface area contributed by atoms with Crippen LogP contribution in [0.3, 0.4) is 0 Å². The highest BCUT2D eigenvalue weighted by Crippen LogP contribution is 2.13. The van der Waals surface area contributed by atoms with Gasteiger partial charge in [0.2, 0.25) is 5.88 Å². The van der Waals surface area contributed by atoms with Gasteiger partial charge in [0, 0.05) is 19.2 Å². The molecule has 16 heavy (non-hydrogen) atoms. The second kappa shape index (κ2) is 3.31. The molecule has 1 saturated heterocycles. The van der Waals surface area contributed by atoms with Gasteiger partial charge in [0.1, 0.15) is 11.9 Å². The first-order valence-electron chi connectivity index (χ1n) is 5.06. The molecule has 7 nitrogen and oxygen atoms in total. The molecule has 84 valence electrons. The summed E-state index contributed by atoms with van der Waals surface area (Å²) in [5, 5.41) is 9.36. The van der Waals surface area contributed by atoms with Crippen LogP contribution >= 0.6 is 0 Å². The fourth-order valence-electron chi connectivity index (χ4n) is 1.65. The number of nitrogens with one attached hydrogen (secondary N) is 2. The lowest BCUT2D eigenvalue weighted by Crippen LogP contribution is -2.50. The highest BCUT2D eigenvalue weighted by Gasteiger charge is 2.19. The number of hydrogen-bond donors (Lipinski definition) is 2. The number of aromatic amines is 1. The minimum atomic E-state index is -0.281. The monoisotopic (exact) mass is 221 g/mol. The molecule has 0 saturated carbocycles. The van der Waals surface area contributed by atoms with Crippen molar-refractivity contribution in [1.82, 2.24) is 24.9 Å². The predicted octanol–water partition coefficient (Wildman–Crippen LogP) is -0.923. The van der Waals surface area contributed by atoms with Crippen LogP contribution in [0.25, 0.3) is 5.65 Å². The Bertz CT molecular complexity index is 583. The number of fused-ring (bicyclic) bond motifs is 1. The summed E-state index contributed by atoms with van der Waals surface area (Å²) in [5.74, 6) is 1.08. The van der Waals surface area contributed by atoms with Crippen LogP contribution in [0.15, 0.2) is 10.9 Å². The summed E-state index contributed by atoms with van der Waals surface area (Å²) in [4.78, 5) is 15.6. The van der Waals surface area contributed by atoms with Crippen molar-refractivity contribution in [3.05, 3.63) is 22.4 Å². The summed E-state index contributed by atoms with van der Waals surface area (Å²) >= 11 is 0. The van der Waals surface area contributed by atoms with Gasteiger partial charge >= 0.3 is 5.69 Å². The Morgan fingerprint density at radius 3 is 3.06 bits per heavy atom. The third-order valence-electron chi connectivity index (χ3n) is 2.58. The Hall–Kier alpha value is -1.89. The first-order chi connectivity index (χ1) is 7.74. The van der Waals surface area contributed by atoms with Crippen LogP contribution in [-0.2, 0) is 0 Å². The van der Waals surface area contributed by atoms with Crippen LogP contribution in [0.1, 0.15) is 5.82 Å². The molecule has 0 bridgehead atoms. The first kappa shape index (κ1) is 9.34. The Balaban J connectivity index is 2.03. The molecule has 0 aromatic carbocycles. The second-order valence-electron chi connectivity index (χ2n) is 3.76. The van der Waals surface area contributed by atoms with E-state index in [-0.39, 0.29) is 11.8 Å². The Kier molecular flexibility index (Phi) is 1.93. The number of aryl methyl sites for hydroxylation is 1. The summed E-state index contributed by atoms with van der Waals surface area (Å²) in [6, 6.07) is 1.66. The molecule has 0 unspecified atom stereocenters. The molecule has 0 aliphatic carbocycles. The highest BCUT2D eigenvalue weighted by molar-refractivity contribution is 5.40. The van der Waals surface area contributed by atoms with Crippen molar-refractivity contribution in [3.63, 3.8) is 0 Å². The minimum Gasteiger partial charge on any atom is -0.471 e. The fraction of sp³-hybridized carbons (Fsp3) is 0.444. The van der Waals surface area contributed by atoms with Crippen molar-refractivity contribution >= 4 is 5.65 Å². The summed E-state index contributed by atoms with van der Waals surface area (Å²) in [5.41, 5.74) is 0.247. The number of nitrogens with zero attached hydrogens (tertiary/aromatic N) is 3. The lowest BCUT2D eigenvalue weighted by molar-refractivity contribution is 0.136. The largest absolute Gasteiger partial charge is 0.471 e. The SMILES string of the molecule is Cc1nc(OC2CNC2)cc2n[nH]c(=O)n12. The fourth-order valence-corrected chi connectivity index (χ4v) is 1.65. The van der Waals surface area contributed by atoms with Gasteiger partial charge < -0.3 is 10.1 Å². The summed E-state index contributed by atoms with van der Waals surface area (Å²) in [6.45, 7) is 3.41. The van der Waals surface area contributed by atoms with Crippen molar-refractivity contribution in [2.24, 2.45) is 0 Å². The van der Waals surface area contributed by atoms with Crippen LogP contribution in [0.2, 0.25) is 0 Å². The average Bonchev–Trinajstić information content (AvgIpc) is 2.55. The van der Waals surface area contributed by atoms with E-state index >= 15 is 0 Å². The molecule has 7 heteroatoms. The van der Waals surface area contributed by atoms with Gasteiger partial charge in [-0.05, 0) is 6.92 Å². The number of ether oxygens (including phenoxy) is 1. The van der Waals surface area contributed by atoms with E-state index in [0.29, 0.717) is 17.4 Å². The maximum atomic E-state index is 11.4. The average molecular weight is 221 g/mol. The first-order valence-corrected chi connectivity index (χ1v) is 5.06. The smallest absolute Gasteiger partial charge is 0.349 e. The maximum absolute atomic E-state index is 11.4. The van der Waals surface area contributed by atoms with Crippen LogP contribution in [0.5, 0.6) is 5.88 Å². The highest BCUT2D eigenvalue weighted by atomic mass is 16.5. The van der Waals surface area contributed by atoms with E-state index in [1.807, 2.05) is 0 Å². The lowest BCUT2D eigenvalue weighted by atomic mass is 10.2. The van der Waals surface area contributed by atoms with Gasteiger partial charge in [-0.1, -0.05) is 0 Å². The van der Waals surface area contributed by atoms with Crippen molar-refractivity contribution in [2.75, 3.05) is 13.1 Å². The summed E-state index contributed by atoms with van der Waals surface area (Å²) in [6.07, 6.45) is 0.167. The Labute approximate surface area is 90.5 Å². The lowest BCUT2D eigenvalue weighted by Gasteiger charge is -2.27. The third kappa shape index (κ3) is 1.36. The van der Waals surface area contributed by atoms with Crippen molar-refractivity contribution in [2.45, 2.75) is 13.0 Å². The molecule has 2 N–H and O–H groups in total. The van der Waals surface area contributed by atoms with Crippen LogP contribution in [0.4, 0.5) is 0 Å². The van der Waals surface area contributed by atoms with E-state index in [1.165, 1.54) is 4.40 Å². The third-order valence-corrected chi connectivity index (χ3v) is 2.58. The molecule has 0 spiro atoms.